The van der Waals surface area contributed by atoms with E-state index in [4.69, 9.17) is 27.9 Å². The molecule has 1 aromatic heterocycles. The molecular weight excluding hydrogens is 423 g/mol. The zero-order chi connectivity index (χ0) is 20.3. The average molecular weight is 439 g/mol. The number of allylic oxidation sites excluding steroid dienone is 4. The standard InChI is InChI=1S/C19H16Cl2N2O4S/c1-27-11-5-2-4-10(8-11)15-9-12(18(24)25)17(28-15)23-19(26)22-16-13(20)6-3-7-14(16)21/h3-4,6-9H,2,5H2,1H3,(H,24,25)(H2,22,23,26). The molecule has 1 heterocycles. The van der Waals surface area contributed by atoms with Gasteiger partial charge in [-0.1, -0.05) is 35.3 Å². The van der Waals surface area contributed by atoms with Gasteiger partial charge in [0, 0.05) is 11.3 Å². The number of anilines is 2. The molecule has 0 radical (unpaired) electrons. The summed E-state index contributed by atoms with van der Waals surface area (Å²) in [5.74, 6) is -0.315. The van der Waals surface area contributed by atoms with Crippen molar-refractivity contribution in [3.63, 3.8) is 0 Å². The van der Waals surface area contributed by atoms with Gasteiger partial charge < -0.3 is 15.2 Å². The molecule has 0 aliphatic heterocycles. The number of halogens is 2. The molecule has 1 aliphatic rings. The van der Waals surface area contributed by atoms with Gasteiger partial charge in [0.15, 0.2) is 0 Å². The highest BCUT2D eigenvalue weighted by molar-refractivity contribution is 7.17. The molecule has 0 atom stereocenters. The number of thiophene rings is 1. The minimum absolute atomic E-state index is 0.000698. The summed E-state index contributed by atoms with van der Waals surface area (Å²) < 4.78 is 5.28. The van der Waals surface area contributed by atoms with Crippen LogP contribution in [0.25, 0.3) is 5.57 Å². The van der Waals surface area contributed by atoms with Crippen molar-refractivity contribution in [1.82, 2.24) is 0 Å². The van der Waals surface area contributed by atoms with E-state index in [1.807, 2.05) is 12.2 Å². The van der Waals surface area contributed by atoms with Crippen LogP contribution in [0.5, 0.6) is 0 Å². The zero-order valence-electron chi connectivity index (χ0n) is 14.7. The molecule has 3 N–H and O–H groups in total. The Hall–Kier alpha value is -2.48. The number of carbonyl (C=O) groups is 2. The third kappa shape index (κ3) is 4.49. The lowest BCUT2D eigenvalue weighted by Crippen LogP contribution is -2.20. The maximum absolute atomic E-state index is 12.4. The number of nitrogens with one attached hydrogen (secondary N) is 2. The van der Waals surface area contributed by atoms with Crippen molar-refractivity contribution >= 4 is 62.8 Å². The van der Waals surface area contributed by atoms with Crippen LogP contribution in [0.4, 0.5) is 15.5 Å². The Kier molecular flexibility index (Phi) is 6.28. The lowest BCUT2D eigenvalue weighted by molar-refractivity contribution is 0.0698. The number of rotatable bonds is 5. The van der Waals surface area contributed by atoms with Gasteiger partial charge in [0.2, 0.25) is 0 Å². The Bertz CT molecular complexity index is 978. The molecule has 0 unspecified atom stereocenters. The Morgan fingerprint density at radius 3 is 2.57 bits per heavy atom. The van der Waals surface area contributed by atoms with Gasteiger partial charge in [-0.3, -0.25) is 5.32 Å². The van der Waals surface area contributed by atoms with Crippen molar-refractivity contribution in [2.45, 2.75) is 12.8 Å². The molecule has 146 valence electrons. The van der Waals surface area contributed by atoms with Crippen LogP contribution in [-0.4, -0.2) is 24.2 Å². The number of amides is 2. The normalized spacial score (nSPS) is 13.4. The number of ether oxygens (including phenoxy) is 1. The molecular formula is C19H16Cl2N2O4S. The van der Waals surface area contributed by atoms with Crippen molar-refractivity contribution in [3.05, 3.63) is 62.7 Å². The fourth-order valence-corrected chi connectivity index (χ4v) is 4.21. The third-order valence-corrected chi connectivity index (χ3v) is 5.74. The van der Waals surface area contributed by atoms with Crippen LogP contribution in [0.1, 0.15) is 28.1 Å². The van der Waals surface area contributed by atoms with E-state index >= 15 is 0 Å². The molecule has 9 heteroatoms. The van der Waals surface area contributed by atoms with Gasteiger partial charge >= 0.3 is 12.0 Å². The highest BCUT2D eigenvalue weighted by atomic mass is 35.5. The van der Waals surface area contributed by atoms with Crippen LogP contribution in [0.3, 0.4) is 0 Å². The van der Waals surface area contributed by atoms with Crippen LogP contribution in [0.15, 0.2) is 42.2 Å². The maximum atomic E-state index is 12.4. The number of carboxylic acids is 1. The second-order valence-electron chi connectivity index (χ2n) is 5.85. The second-order valence-corrected chi connectivity index (χ2v) is 7.71. The van der Waals surface area contributed by atoms with E-state index in [0.29, 0.717) is 0 Å². The van der Waals surface area contributed by atoms with E-state index in [1.165, 1.54) is 17.4 Å². The molecule has 2 aromatic rings. The van der Waals surface area contributed by atoms with Crippen molar-refractivity contribution < 1.29 is 19.4 Å². The molecule has 0 saturated carbocycles. The number of aromatic carboxylic acids is 1. The predicted molar refractivity (Wildman–Crippen MR) is 113 cm³/mol. The number of methoxy groups -OCH3 is 1. The summed E-state index contributed by atoms with van der Waals surface area (Å²) in [5, 5.41) is 15.4. The van der Waals surface area contributed by atoms with E-state index in [-0.39, 0.29) is 26.3 Å². The first-order valence-electron chi connectivity index (χ1n) is 8.23. The summed E-state index contributed by atoms with van der Waals surface area (Å²) in [6.45, 7) is 0. The fourth-order valence-electron chi connectivity index (χ4n) is 2.66. The Balaban J connectivity index is 1.84. The third-order valence-electron chi connectivity index (χ3n) is 4.01. The molecule has 1 aromatic carbocycles. The molecule has 0 bridgehead atoms. The number of benzene rings is 1. The van der Waals surface area contributed by atoms with E-state index in [9.17, 15) is 14.7 Å². The molecule has 3 rings (SSSR count). The van der Waals surface area contributed by atoms with Gasteiger partial charge in [0.05, 0.1) is 34.2 Å². The number of para-hydroxylation sites is 1. The van der Waals surface area contributed by atoms with Crippen LogP contribution < -0.4 is 10.6 Å². The largest absolute Gasteiger partial charge is 0.501 e. The van der Waals surface area contributed by atoms with Gasteiger partial charge in [0.25, 0.3) is 0 Å². The lowest BCUT2D eigenvalue weighted by Gasteiger charge is -2.11. The lowest BCUT2D eigenvalue weighted by atomic mass is 10.0. The summed E-state index contributed by atoms with van der Waals surface area (Å²) in [6, 6.07) is 5.72. The molecule has 0 saturated heterocycles. The highest BCUT2D eigenvalue weighted by Crippen LogP contribution is 2.36. The first-order valence-corrected chi connectivity index (χ1v) is 9.80. The van der Waals surface area contributed by atoms with Crippen molar-refractivity contribution in [3.8, 4) is 0 Å². The molecule has 6 nitrogen and oxygen atoms in total. The van der Waals surface area contributed by atoms with E-state index in [1.54, 1.807) is 25.3 Å². The molecule has 2 amide bonds. The van der Waals surface area contributed by atoms with Crippen molar-refractivity contribution in [1.29, 1.82) is 0 Å². The number of carboxylic acid groups (broad SMARTS) is 1. The topological polar surface area (TPSA) is 87.7 Å². The number of hydrogen-bond acceptors (Lipinski definition) is 4. The minimum Gasteiger partial charge on any atom is -0.501 e. The summed E-state index contributed by atoms with van der Waals surface area (Å²) in [6.07, 6.45) is 5.47. The van der Waals surface area contributed by atoms with Crippen LogP contribution in [0, 0.1) is 0 Å². The average Bonchev–Trinajstić information content (AvgIpc) is 3.09. The highest BCUT2D eigenvalue weighted by Gasteiger charge is 2.20. The van der Waals surface area contributed by atoms with E-state index in [2.05, 4.69) is 10.6 Å². The van der Waals surface area contributed by atoms with Gasteiger partial charge in [0.1, 0.15) is 5.00 Å². The summed E-state index contributed by atoms with van der Waals surface area (Å²) in [4.78, 5) is 24.7. The van der Waals surface area contributed by atoms with Crippen LogP contribution in [0.2, 0.25) is 10.0 Å². The molecule has 0 spiro atoms. The first kappa shape index (κ1) is 20.3. The zero-order valence-corrected chi connectivity index (χ0v) is 17.0. The van der Waals surface area contributed by atoms with Gasteiger partial charge in [-0.2, -0.15) is 0 Å². The Morgan fingerprint density at radius 2 is 1.93 bits per heavy atom. The smallest absolute Gasteiger partial charge is 0.338 e. The van der Waals surface area contributed by atoms with Crippen molar-refractivity contribution in [2.75, 3.05) is 17.7 Å². The Labute approximate surface area is 175 Å². The molecule has 1 aliphatic carbocycles. The quantitative estimate of drug-likeness (QED) is 0.525. The summed E-state index contributed by atoms with van der Waals surface area (Å²) in [5.41, 5.74) is 1.11. The van der Waals surface area contributed by atoms with Gasteiger partial charge in [-0.15, -0.1) is 11.3 Å². The second kappa shape index (κ2) is 8.68. The van der Waals surface area contributed by atoms with Crippen LogP contribution in [-0.2, 0) is 4.74 Å². The minimum atomic E-state index is -1.14. The predicted octanol–water partition coefficient (Wildman–Crippen LogP) is 6.10. The summed E-state index contributed by atoms with van der Waals surface area (Å²) >= 11 is 13.3. The number of hydrogen-bond donors (Lipinski definition) is 3. The SMILES string of the molecule is COC1=CC(c2cc(C(=O)O)c(NC(=O)Nc3c(Cl)cccc3Cl)s2)=CCC1. The van der Waals surface area contributed by atoms with Gasteiger partial charge in [-0.05, 0) is 36.3 Å². The van der Waals surface area contributed by atoms with Crippen LogP contribution >= 0.6 is 34.5 Å². The first-order chi connectivity index (χ1) is 13.4. The van der Waals surface area contributed by atoms with E-state index < -0.39 is 12.0 Å². The number of urea groups is 1. The fraction of sp³-hybridized carbons (Fsp3) is 0.158. The summed E-state index contributed by atoms with van der Waals surface area (Å²) in [7, 11) is 1.60. The van der Waals surface area contributed by atoms with E-state index in [0.717, 1.165) is 29.1 Å². The Morgan fingerprint density at radius 1 is 1.21 bits per heavy atom. The molecule has 28 heavy (non-hydrogen) atoms. The van der Waals surface area contributed by atoms with Gasteiger partial charge in [-0.25, -0.2) is 9.59 Å². The monoisotopic (exact) mass is 438 g/mol. The number of carbonyl (C=O) groups excluding carboxylic acids is 1. The molecule has 0 fully saturated rings. The van der Waals surface area contributed by atoms with Crippen molar-refractivity contribution in [2.24, 2.45) is 0 Å². The maximum Gasteiger partial charge on any atom is 0.338 e.